The summed E-state index contributed by atoms with van der Waals surface area (Å²) in [5.74, 6) is 4.96. The molecular weight excluding hydrogens is 432 g/mol. The molecule has 0 bridgehead atoms. The zero-order valence-electron chi connectivity index (χ0n) is 24.4. The van der Waals surface area contributed by atoms with Gasteiger partial charge < -0.3 is 9.47 Å². The molecule has 5 rings (SSSR count). The lowest BCUT2D eigenvalue weighted by Gasteiger charge is -2.62. The number of hydrogen-bond donors (Lipinski definition) is 0. The minimum Gasteiger partial charge on any atom is -0.353 e. The molecule has 4 aliphatic carbocycles. The maximum Gasteiger partial charge on any atom is 0.157 e. The van der Waals surface area contributed by atoms with Crippen LogP contribution in [0.25, 0.3) is 0 Å². The Bertz CT molecular complexity index is 777. The Morgan fingerprint density at radius 1 is 1.00 bits per heavy atom. The van der Waals surface area contributed by atoms with Crippen LogP contribution in [0.2, 0.25) is 0 Å². The first kappa shape index (κ1) is 24.9. The zero-order valence-corrected chi connectivity index (χ0v) is 23.4. The van der Waals surface area contributed by atoms with Crippen LogP contribution in [0.1, 0.15) is 126 Å². The lowest BCUT2D eigenvalue weighted by Crippen LogP contribution is -2.59. The first-order valence-electron chi connectivity index (χ1n) is 15.9. The van der Waals surface area contributed by atoms with E-state index in [1.165, 1.54) is 51.4 Å². The summed E-state index contributed by atoms with van der Waals surface area (Å²) in [6.07, 6.45) is 14.7. The molecule has 4 saturated carbocycles. The third-order valence-electron chi connectivity index (χ3n) is 11.9. The number of Topliss-reactive ketones (excluding diaryl/α,β-unsaturated/α-hetero) is 1. The number of ether oxygens (including phenoxy) is 2. The van der Waals surface area contributed by atoms with Gasteiger partial charge in [-0.05, 0) is 110 Å². The van der Waals surface area contributed by atoms with E-state index in [0.717, 1.165) is 56.0 Å². The fourth-order valence-electron chi connectivity index (χ4n) is 10.1. The van der Waals surface area contributed by atoms with Crippen molar-refractivity contribution in [2.24, 2.45) is 52.3 Å². The predicted octanol–water partition coefficient (Wildman–Crippen LogP) is 8.20. The van der Waals surface area contributed by atoms with Gasteiger partial charge in [0.05, 0.1) is 6.10 Å². The van der Waals surface area contributed by atoms with E-state index in [0.29, 0.717) is 23.7 Å². The van der Waals surface area contributed by atoms with E-state index in [1.807, 2.05) is 0 Å². The van der Waals surface area contributed by atoms with Gasteiger partial charge in [-0.2, -0.15) is 0 Å². The summed E-state index contributed by atoms with van der Waals surface area (Å²) in [5.41, 5.74) is 0.489. The van der Waals surface area contributed by atoms with E-state index in [1.54, 1.807) is 0 Å². The summed E-state index contributed by atoms with van der Waals surface area (Å²) in [5, 5.41) is 0. The molecule has 35 heavy (non-hydrogen) atoms. The SMILES string of the molecule is [2H][C@H]1C[C@@]2(C)[C@H](CC1=O)[C@H](OC1CCCCO1)C[C@@H]1[C@@H]2CC[C@]2(C)[C@@H]([C@H](C)CCCC(C)C)CC[C@@H]12. The van der Waals surface area contributed by atoms with Crippen LogP contribution in [0.3, 0.4) is 0 Å². The molecular formula is C32H54O3. The smallest absolute Gasteiger partial charge is 0.157 e. The van der Waals surface area contributed by atoms with Crippen molar-refractivity contribution in [1.82, 2.24) is 0 Å². The molecule has 1 heterocycles. The molecule has 0 N–H and O–H groups in total. The molecule has 1 unspecified atom stereocenters. The highest BCUT2D eigenvalue weighted by Gasteiger charge is 2.63. The van der Waals surface area contributed by atoms with Gasteiger partial charge in [0, 0.05) is 20.8 Å². The molecule has 11 atom stereocenters. The molecule has 1 aliphatic heterocycles. The number of fused-ring (bicyclic) bond motifs is 5. The van der Waals surface area contributed by atoms with Gasteiger partial charge in [0.15, 0.2) is 6.29 Å². The van der Waals surface area contributed by atoms with Gasteiger partial charge in [0.25, 0.3) is 0 Å². The molecule has 1 saturated heterocycles. The maximum absolute atomic E-state index is 12.8. The summed E-state index contributed by atoms with van der Waals surface area (Å²) < 4.78 is 21.4. The minimum absolute atomic E-state index is 0.0465. The van der Waals surface area contributed by atoms with Crippen LogP contribution in [0.5, 0.6) is 0 Å². The molecule has 0 aromatic heterocycles. The van der Waals surface area contributed by atoms with Crippen LogP contribution in [-0.2, 0) is 14.3 Å². The van der Waals surface area contributed by atoms with Crippen LogP contribution in [0.4, 0.5) is 0 Å². The highest BCUT2D eigenvalue weighted by molar-refractivity contribution is 5.79. The third-order valence-corrected chi connectivity index (χ3v) is 11.9. The van der Waals surface area contributed by atoms with E-state index < -0.39 is 6.40 Å². The summed E-state index contributed by atoms with van der Waals surface area (Å²) in [6, 6.07) is 0. The van der Waals surface area contributed by atoms with Crippen molar-refractivity contribution in [3.63, 3.8) is 0 Å². The summed E-state index contributed by atoms with van der Waals surface area (Å²) in [6.45, 7) is 13.2. The number of carbonyl (C=O) groups is 1. The molecule has 0 aromatic rings. The van der Waals surface area contributed by atoms with Gasteiger partial charge in [0.1, 0.15) is 5.78 Å². The Hall–Kier alpha value is -0.410. The Morgan fingerprint density at radius 3 is 2.54 bits per heavy atom. The average molecular weight is 488 g/mol. The monoisotopic (exact) mass is 487 g/mol. The second-order valence-electron chi connectivity index (χ2n) is 14.3. The molecule has 0 spiro atoms. The topological polar surface area (TPSA) is 35.5 Å². The van der Waals surface area contributed by atoms with E-state index in [4.69, 9.17) is 10.8 Å². The van der Waals surface area contributed by atoms with Crippen LogP contribution in [0, 0.1) is 52.3 Å². The van der Waals surface area contributed by atoms with E-state index >= 15 is 0 Å². The second-order valence-corrected chi connectivity index (χ2v) is 14.3. The van der Waals surface area contributed by atoms with Crippen LogP contribution < -0.4 is 0 Å². The lowest BCUT2D eigenvalue weighted by molar-refractivity contribution is -0.243. The van der Waals surface area contributed by atoms with Crippen molar-refractivity contribution in [3.8, 4) is 0 Å². The van der Waals surface area contributed by atoms with Gasteiger partial charge in [-0.3, -0.25) is 4.79 Å². The predicted molar refractivity (Wildman–Crippen MR) is 142 cm³/mol. The fourth-order valence-corrected chi connectivity index (χ4v) is 10.1. The second kappa shape index (κ2) is 10.4. The van der Waals surface area contributed by atoms with Gasteiger partial charge in [0.2, 0.25) is 0 Å². The molecule has 200 valence electrons. The Morgan fingerprint density at radius 2 is 1.80 bits per heavy atom. The van der Waals surface area contributed by atoms with Gasteiger partial charge >= 0.3 is 0 Å². The number of hydrogen-bond acceptors (Lipinski definition) is 3. The van der Waals surface area contributed by atoms with Crippen LogP contribution in [0.15, 0.2) is 0 Å². The molecule has 5 fully saturated rings. The largest absolute Gasteiger partial charge is 0.353 e. The number of carbonyl (C=O) groups excluding carboxylic acids is 1. The van der Waals surface area contributed by atoms with E-state index in [-0.39, 0.29) is 29.5 Å². The van der Waals surface area contributed by atoms with Crippen LogP contribution >= 0.6 is 0 Å². The first-order valence-corrected chi connectivity index (χ1v) is 15.4. The highest BCUT2D eigenvalue weighted by Crippen LogP contribution is 2.68. The molecule has 0 radical (unpaired) electrons. The standard InChI is InChI=1S/C32H54O3/c1-21(2)9-8-10-22(3)25-12-13-26-24-20-29(35-30-11-6-7-18-34-30)28-19-23(33)14-16-32(28,5)27(24)15-17-31(25,26)4/h21-22,24-30H,6-20H2,1-5H3/t22-,24+,25-,26+,27+,28-,29-,30?,31-,32-/m1/s1/i14D/t14-,22+,24-,25+,26-,27-,28+,29+,30?,31+,32+/m0. The summed E-state index contributed by atoms with van der Waals surface area (Å²) in [4.78, 5) is 12.8. The Kier molecular flexibility index (Phi) is 7.39. The van der Waals surface area contributed by atoms with Gasteiger partial charge in [-0.15, -0.1) is 0 Å². The minimum atomic E-state index is -0.540. The number of rotatable bonds is 7. The molecule has 5 aliphatic rings. The quantitative estimate of drug-likeness (QED) is 0.339. The van der Waals surface area contributed by atoms with Crippen LogP contribution in [-0.4, -0.2) is 24.8 Å². The van der Waals surface area contributed by atoms with Crippen molar-refractivity contribution in [3.05, 3.63) is 0 Å². The first-order chi connectivity index (χ1) is 17.1. The van der Waals surface area contributed by atoms with Crippen molar-refractivity contribution < 1.29 is 15.6 Å². The summed E-state index contributed by atoms with van der Waals surface area (Å²) >= 11 is 0. The fraction of sp³-hybridized carbons (Fsp3) is 0.969. The Balaban J connectivity index is 1.37. The molecule has 3 nitrogen and oxygen atoms in total. The van der Waals surface area contributed by atoms with Gasteiger partial charge in [-0.25, -0.2) is 0 Å². The van der Waals surface area contributed by atoms with E-state index in [2.05, 4.69) is 34.6 Å². The van der Waals surface area contributed by atoms with Crippen molar-refractivity contribution in [1.29, 1.82) is 0 Å². The number of ketones is 1. The van der Waals surface area contributed by atoms with Crippen molar-refractivity contribution >= 4 is 5.78 Å². The molecule has 0 amide bonds. The van der Waals surface area contributed by atoms with E-state index in [9.17, 15) is 4.79 Å². The molecule has 3 heteroatoms. The van der Waals surface area contributed by atoms with Crippen molar-refractivity contribution in [2.75, 3.05) is 6.61 Å². The lowest BCUT2D eigenvalue weighted by atomic mass is 9.44. The third kappa shape index (κ3) is 4.91. The Labute approximate surface area is 217 Å². The average Bonchev–Trinajstić information content (AvgIpc) is 3.18. The maximum atomic E-state index is 12.8. The zero-order chi connectivity index (χ0) is 25.7. The highest BCUT2D eigenvalue weighted by atomic mass is 16.7. The van der Waals surface area contributed by atoms with Crippen molar-refractivity contribution in [2.45, 2.75) is 137 Å². The normalized spacial score (nSPS) is 49.2. The van der Waals surface area contributed by atoms with Gasteiger partial charge in [-0.1, -0.05) is 53.9 Å². The summed E-state index contributed by atoms with van der Waals surface area (Å²) in [7, 11) is 0. The molecule has 0 aromatic carbocycles.